The summed E-state index contributed by atoms with van der Waals surface area (Å²) in [5.74, 6) is 1.19. The third-order valence-electron chi connectivity index (χ3n) is 2.72. The van der Waals surface area contributed by atoms with E-state index in [1.54, 1.807) is 11.3 Å². The molecular formula is C14H19N3O3S2. The van der Waals surface area contributed by atoms with Crippen molar-refractivity contribution in [3.05, 3.63) is 34.1 Å². The van der Waals surface area contributed by atoms with Crippen molar-refractivity contribution in [2.75, 3.05) is 5.75 Å². The Balaban J connectivity index is 1.74. The zero-order valence-electron chi connectivity index (χ0n) is 12.6. The molecule has 0 spiro atoms. The molecule has 0 aliphatic carbocycles. The Morgan fingerprint density at radius 3 is 3.00 bits per heavy atom. The van der Waals surface area contributed by atoms with Gasteiger partial charge < -0.3 is 9.84 Å². The van der Waals surface area contributed by atoms with Crippen molar-refractivity contribution in [1.29, 1.82) is 0 Å². The second-order valence-corrected chi connectivity index (χ2v) is 7.78. The Kier molecular flexibility index (Phi) is 6.26. The van der Waals surface area contributed by atoms with E-state index in [2.05, 4.69) is 29.3 Å². The van der Waals surface area contributed by atoms with E-state index in [-0.39, 0.29) is 17.4 Å². The van der Waals surface area contributed by atoms with E-state index >= 15 is 0 Å². The number of hydrogen-bond donors (Lipinski definition) is 1. The number of nitrogens with one attached hydrogen (secondary N) is 1. The predicted octanol–water partition coefficient (Wildman–Crippen LogP) is 1.89. The van der Waals surface area contributed by atoms with Gasteiger partial charge in [0, 0.05) is 22.1 Å². The molecule has 8 heteroatoms. The third-order valence-corrected chi connectivity index (χ3v) is 4.76. The molecule has 120 valence electrons. The highest BCUT2D eigenvalue weighted by Gasteiger charge is 2.14. The maximum Gasteiger partial charge on any atom is 0.232 e. The van der Waals surface area contributed by atoms with Crippen molar-refractivity contribution in [2.45, 2.75) is 32.6 Å². The van der Waals surface area contributed by atoms with Gasteiger partial charge in [-0.05, 0) is 17.4 Å². The summed E-state index contributed by atoms with van der Waals surface area (Å²) in [5.41, 5.74) is 0. The van der Waals surface area contributed by atoms with Crippen LogP contribution in [0.15, 0.2) is 22.0 Å². The number of rotatable bonds is 8. The molecule has 1 amide bonds. The van der Waals surface area contributed by atoms with E-state index < -0.39 is 10.8 Å². The van der Waals surface area contributed by atoms with Gasteiger partial charge in [0.2, 0.25) is 11.8 Å². The Morgan fingerprint density at radius 2 is 2.32 bits per heavy atom. The van der Waals surface area contributed by atoms with Crippen molar-refractivity contribution in [1.82, 2.24) is 15.5 Å². The minimum atomic E-state index is -1.34. The fraction of sp³-hybridized carbons (Fsp3) is 0.500. The topological polar surface area (TPSA) is 85.1 Å². The second-order valence-electron chi connectivity index (χ2n) is 5.29. The van der Waals surface area contributed by atoms with Gasteiger partial charge in [0.05, 0.1) is 12.3 Å². The summed E-state index contributed by atoms with van der Waals surface area (Å²) in [4.78, 5) is 17.0. The third kappa shape index (κ3) is 5.69. The number of hydrogen-bond acceptors (Lipinski definition) is 6. The Bertz CT molecular complexity index is 623. The van der Waals surface area contributed by atoms with Crippen LogP contribution in [0.25, 0.3) is 0 Å². The molecule has 1 N–H and O–H groups in total. The second kappa shape index (κ2) is 8.19. The van der Waals surface area contributed by atoms with Gasteiger partial charge >= 0.3 is 0 Å². The molecule has 0 saturated carbocycles. The number of carbonyl (C=O) groups is 1. The minimum absolute atomic E-state index is 0.0561. The summed E-state index contributed by atoms with van der Waals surface area (Å²) in [6, 6.07) is 3.87. The van der Waals surface area contributed by atoms with Crippen LogP contribution in [0.4, 0.5) is 0 Å². The predicted molar refractivity (Wildman–Crippen MR) is 85.7 cm³/mol. The van der Waals surface area contributed by atoms with Crippen LogP contribution in [0.5, 0.6) is 0 Å². The van der Waals surface area contributed by atoms with Crippen LogP contribution in [0, 0.1) is 5.92 Å². The van der Waals surface area contributed by atoms with Gasteiger partial charge in [0.15, 0.2) is 5.82 Å². The molecular weight excluding hydrogens is 322 g/mol. The number of aromatic nitrogens is 2. The maximum absolute atomic E-state index is 11.9. The molecule has 0 unspecified atom stereocenters. The lowest BCUT2D eigenvalue weighted by molar-refractivity contribution is -0.118. The molecule has 2 aromatic rings. The van der Waals surface area contributed by atoms with Gasteiger partial charge in [-0.2, -0.15) is 4.98 Å². The molecule has 2 rings (SSSR count). The Labute approximate surface area is 135 Å². The zero-order valence-corrected chi connectivity index (χ0v) is 14.2. The van der Waals surface area contributed by atoms with Crippen molar-refractivity contribution >= 4 is 28.0 Å². The van der Waals surface area contributed by atoms with Crippen LogP contribution >= 0.6 is 11.3 Å². The average Bonchev–Trinajstić information content (AvgIpc) is 3.07. The minimum Gasteiger partial charge on any atom is -0.350 e. The standard InChI is InChI=1S/C14H19N3O3S2/c1-10(2)6-14-16-12(17-20-14)8-22(19)9-13(18)15-7-11-4-3-5-21-11/h3-5,10H,6-9H2,1-2H3,(H,15,18)/t22-/m0/s1. The first kappa shape index (κ1) is 16.8. The highest BCUT2D eigenvalue weighted by atomic mass is 32.2. The van der Waals surface area contributed by atoms with E-state index in [1.165, 1.54) is 0 Å². The molecule has 0 radical (unpaired) electrons. The van der Waals surface area contributed by atoms with Gasteiger partial charge in [-0.25, -0.2) is 0 Å². The van der Waals surface area contributed by atoms with Gasteiger partial charge in [0.1, 0.15) is 5.75 Å². The lowest BCUT2D eigenvalue weighted by Crippen LogP contribution is -2.28. The van der Waals surface area contributed by atoms with Gasteiger partial charge in [0.25, 0.3) is 0 Å². The Hall–Kier alpha value is -1.54. The first-order valence-corrected chi connectivity index (χ1v) is 9.35. The van der Waals surface area contributed by atoms with Gasteiger partial charge in [-0.15, -0.1) is 11.3 Å². The number of nitrogens with zero attached hydrogens (tertiary/aromatic N) is 2. The zero-order chi connectivity index (χ0) is 15.9. The highest BCUT2D eigenvalue weighted by Crippen LogP contribution is 2.08. The van der Waals surface area contributed by atoms with E-state index in [0.29, 0.717) is 30.6 Å². The molecule has 0 saturated heterocycles. The van der Waals surface area contributed by atoms with Crippen LogP contribution in [0.1, 0.15) is 30.4 Å². The summed E-state index contributed by atoms with van der Waals surface area (Å²) in [6.45, 7) is 4.58. The quantitative estimate of drug-likeness (QED) is 0.792. The van der Waals surface area contributed by atoms with E-state index in [4.69, 9.17) is 4.52 Å². The molecule has 0 aromatic carbocycles. The molecule has 22 heavy (non-hydrogen) atoms. The molecule has 2 aromatic heterocycles. The summed E-state index contributed by atoms with van der Waals surface area (Å²) in [6.07, 6.45) is 0.695. The van der Waals surface area contributed by atoms with E-state index in [9.17, 15) is 9.00 Å². The largest absolute Gasteiger partial charge is 0.350 e. The highest BCUT2D eigenvalue weighted by molar-refractivity contribution is 7.84. The molecule has 0 aliphatic rings. The van der Waals surface area contributed by atoms with Crippen LogP contribution < -0.4 is 5.32 Å². The van der Waals surface area contributed by atoms with Crippen molar-refractivity contribution in [3.63, 3.8) is 0 Å². The SMILES string of the molecule is CC(C)Cc1nc(C[S@](=O)CC(=O)NCc2cccs2)no1. The van der Waals surface area contributed by atoms with Crippen molar-refractivity contribution in [3.8, 4) is 0 Å². The molecule has 1 atom stereocenters. The van der Waals surface area contributed by atoms with Crippen LogP contribution in [-0.2, 0) is 34.3 Å². The maximum atomic E-state index is 11.9. The van der Waals surface area contributed by atoms with Crippen molar-refractivity contribution < 1.29 is 13.5 Å². The van der Waals surface area contributed by atoms with Crippen LogP contribution in [-0.4, -0.2) is 26.0 Å². The fourth-order valence-corrected chi connectivity index (χ4v) is 3.32. The first-order chi connectivity index (χ1) is 10.5. The monoisotopic (exact) mass is 341 g/mol. The summed E-state index contributed by atoms with van der Waals surface area (Å²) >= 11 is 1.57. The van der Waals surface area contributed by atoms with Crippen molar-refractivity contribution in [2.24, 2.45) is 5.92 Å². The molecule has 2 heterocycles. The smallest absolute Gasteiger partial charge is 0.232 e. The van der Waals surface area contributed by atoms with Gasteiger partial charge in [-0.3, -0.25) is 9.00 Å². The summed E-state index contributed by atoms with van der Waals surface area (Å²) in [5, 5.41) is 8.49. The summed E-state index contributed by atoms with van der Waals surface area (Å²) in [7, 11) is -1.34. The lowest BCUT2D eigenvalue weighted by atomic mass is 10.1. The number of amides is 1. The molecule has 0 bridgehead atoms. The van der Waals surface area contributed by atoms with E-state index in [0.717, 1.165) is 4.88 Å². The average molecular weight is 341 g/mol. The number of carbonyl (C=O) groups excluding carboxylic acids is 1. The molecule has 0 aliphatic heterocycles. The van der Waals surface area contributed by atoms with E-state index in [1.807, 2.05) is 17.5 Å². The molecule has 6 nitrogen and oxygen atoms in total. The number of thiophene rings is 1. The molecule has 0 fully saturated rings. The normalized spacial score (nSPS) is 12.5. The van der Waals surface area contributed by atoms with Gasteiger partial charge in [-0.1, -0.05) is 25.1 Å². The first-order valence-electron chi connectivity index (χ1n) is 6.98. The Morgan fingerprint density at radius 1 is 1.50 bits per heavy atom. The van der Waals surface area contributed by atoms with Crippen LogP contribution in [0.3, 0.4) is 0 Å². The van der Waals surface area contributed by atoms with Crippen LogP contribution in [0.2, 0.25) is 0 Å². The lowest BCUT2D eigenvalue weighted by Gasteiger charge is -2.02. The fourth-order valence-electron chi connectivity index (χ4n) is 1.77. The summed E-state index contributed by atoms with van der Waals surface area (Å²) < 4.78 is 17.0.